The van der Waals surface area contributed by atoms with E-state index in [9.17, 15) is 0 Å². The zero-order valence-electron chi connectivity index (χ0n) is 11.9. The Morgan fingerprint density at radius 1 is 1.26 bits per heavy atom. The van der Waals surface area contributed by atoms with Crippen LogP contribution < -0.4 is 5.32 Å². The van der Waals surface area contributed by atoms with Crippen molar-refractivity contribution < 1.29 is 4.42 Å². The van der Waals surface area contributed by atoms with Crippen LogP contribution in [0.1, 0.15) is 50.0 Å². The molecule has 2 aromatic rings. The Hall–Kier alpha value is -1.28. The molecule has 2 heteroatoms. The fraction of sp³-hybridized carbons (Fsp3) is 0.529. The molecule has 1 aromatic heterocycles. The fourth-order valence-electron chi connectivity index (χ4n) is 3.35. The zero-order chi connectivity index (χ0) is 13.2. The van der Waals surface area contributed by atoms with E-state index in [0.717, 1.165) is 23.8 Å². The van der Waals surface area contributed by atoms with Crippen LogP contribution in [0.3, 0.4) is 0 Å². The van der Waals surface area contributed by atoms with Crippen LogP contribution in [0, 0.1) is 12.8 Å². The summed E-state index contributed by atoms with van der Waals surface area (Å²) in [5.41, 5.74) is 2.31. The normalized spacial score (nSPS) is 18.2. The summed E-state index contributed by atoms with van der Waals surface area (Å²) in [5, 5.41) is 4.85. The van der Waals surface area contributed by atoms with Crippen molar-refractivity contribution in [2.24, 2.45) is 5.92 Å². The van der Waals surface area contributed by atoms with Crippen LogP contribution in [0.4, 0.5) is 0 Å². The van der Waals surface area contributed by atoms with Gasteiger partial charge in [0.25, 0.3) is 0 Å². The quantitative estimate of drug-likeness (QED) is 0.867. The molecule has 1 fully saturated rings. The monoisotopic (exact) mass is 257 g/mol. The highest BCUT2D eigenvalue weighted by molar-refractivity contribution is 5.78. The van der Waals surface area contributed by atoms with Crippen molar-refractivity contribution in [1.82, 2.24) is 5.32 Å². The van der Waals surface area contributed by atoms with Crippen molar-refractivity contribution in [1.29, 1.82) is 0 Å². The van der Waals surface area contributed by atoms with Crippen molar-refractivity contribution in [3.8, 4) is 0 Å². The number of rotatable bonds is 4. The molecule has 19 heavy (non-hydrogen) atoms. The lowest BCUT2D eigenvalue weighted by Crippen LogP contribution is -2.26. The predicted octanol–water partition coefficient (Wildman–Crippen LogP) is 4.58. The van der Waals surface area contributed by atoms with Crippen molar-refractivity contribution in [3.05, 3.63) is 35.6 Å². The van der Waals surface area contributed by atoms with Crippen molar-refractivity contribution >= 4 is 11.0 Å². The summed E-state index contributed by atoms with van der Waals surface area (Å²) < 4.78 is 6.09. The highest BCUT2D eigenvalue weighted by atomic mass is 16.3. The molecule has 3 rings (SSSR count). The van der Waals surface area contributed by atoms with Crippen LogP contribution in [0.2, 0.25) is 0 Å². The second-order valence-corrected chi connectivity index (χ2v) is 5.77. The van der Waals surface area contributed by atoms with Gasteiger partial charge in [-0.3, -0.25) is 0 Å². The van der Waals surface area contributed by atoms with E-state index in [4.69, 9.17) is 4.42 Å². The van der Waals surface area contributed by atoms with E-state index in [1.54, 1.807) is 0 Å². The number of hydrogen-bond acceptors (Lipinski definition) is 2. The number of benzene rings is 1. The van der Waals surface area contributed by atoms with Gasteiger partial charge in [-0.1, -0.05) is 31.4 Å². The molecule has 1 atom stereocenters. The molecule has 1 aromatic carbocycles. The molecular weight excluding hydrogens is 234 g/mol. The largest absolute Gasteiger partial charge is 0.459 e. The summed E-state index contributed by atoms with van der Waals surface area (Å²) >= 11 is 0. The maximum Gasteiger partial charge on any atom is 0.134 e. The Morgan fingerprint density at radius 2 is 2.05 bits per heavy atom. The van der Waals surface area contributed by atoms with E-state index in [2.05, 4.69) is 43.4 Å². The van der Waals surface area contributed by atoms with E-state index in [0.29, 0.717) is 6.04 Å². The third kappa shape index (κ3) is 2.55. The van der Waals surface area contributed by atoms with Gasteiger partial charge in [0.2, 0.25) is 0 Å². The molecule has 0 amide bonds. The number of hydrogen-bond donors (Lipinski definition) is 1. The van der Waals surface area contributed by atoms with Gasteiger partial charge in [-0.25, -0.2) is 0 Å². The first-order chi connectivity index (χ1) is 9.28. The van der Waals surface area contributed by atoms with Gasteiger partial charge in [0, 0.05) is 5.39 Å². The number of nitrogens with one attached hydrogen (secondary N) is 1. The maximum absolute atomic E-state index is 6.09. The first kappa shape index (κ1) is 12.7. The third-order valence-electron chi connectivity index (χ3n) is 4.29. The van der Waals surface area contributed by atoms with Gasteiger partial charge in [0.1, 0.15) is 11.3 Å². The topological polar surface area (TPSA) is 25.2 Å². The van der Waals surface area contributed by atoms with Crippen LogP contribution in [-0.2, 0) is 0 Å². The van der Waals surface area contributed by atoms with Crippen LogP contribution in [0.5, 0.6) is 0 Å². The van der Waals surface area contributed by atoms with Gasteiger partial charge in [-0.05, 0) is 50.4 Å². The predicted molar refractivity (Wildman–Crippen MR) is 79.3 cm³/mol. The Kier molecular flexibility index (Phi) is 3.61. The average molecular weight is 257 g/mol. The minimum atomic E-state index is 0.389. The van der Waals surface area contributed by atoms with Crippen molar-refractivity contribution in [2.75, 3.05) is 6.54 Å². The van der Waals surface area contributed by atoms with Gasteiger partial charge >= 0.3 is 0 Å². The average Bonchev–Trinajstić information content (AvgIpc) is 3.04. The highest BCUT2D eigenvalue weighted by Gasteiger charge is 2.28. The van der Waals surface area contributed by atoms with Gasteiger partial charge in [0.15, 0.2) is 0 Å². The number of fused-ring (bicyclic) bond motifs is 1. The third-order valence-corrected chi connectivity index (χ3v) is 4.29. The minimum Gasteiger partial charge on any atom is -0.459 e. The summed E-state index contributed by atoms with van der Waals surface area (Å²) in [7, 11) is 0. The molecule has 0 radical (unpaired) electrons. The Balaban J connectivity index is 1.94. The Morgan fingerprint density at radius 3 is 2.79 bits per heavy atom. The molecule has 102 valence electrons. The molecule has 0 bridgehead atoms. The molecule has 0 saturated heterocycles. The first-order valence-electron chi connectivity index (χ1n) is 7.51. The van der Waals surface area contributed by atoms with Crippen molar-refractivity contribution in [2.45, 2.75) is 45.6 Å². The van der Waals surface area contributed by atoms with Crippen LogP contribution in [0.25, 0.3) is 11.0 Å². The maximum atomic E-state index is 6.09. The van der Waals surface area contributed by atoms with Crippen molar-refractivity contribution in [3.63, 3.8) is 0 Å². The first-order valence-corrected chi connectivity index (χ1v) is 7.51. The molecule has 1 saturated carbocycles. The highest BCUT2D eigenvalue weighted by Crippen LogP contribution is 2.37. The Bertz CT molecular complexity index is 551. The van der Waals surface area contributed by atoms with E-state index in [1.807, 2.05) is 0 Å². The van der Waals surface area contributed by atoms with Crippen LogP contribution in [0.15, 0.2) is 28.7 Å². The minimum absolute atomic E-state index is 0.389. The fourth-order valence-corrected chi connectivity index (χ4v) is 3.35. The van der Waals surface area contributed by atoms with Crippen LogP contribution >= 0.6 is 0 Å². The van der Waals surface area contributed by atoms with E-state index >= 15 is 0 Å². The standard InChI is InChI=1S/C17H23NO/c1-3-18-17(13-6-4-5-7-13)16-11-14-10-12(2)8-9-15(14)19-16/h8-11,13,17-18H,3-7H2,1-2H3. The van der Waals surface area contributed by atoms with Gasteiger partial charge in [0.05, 0.1) is 6.04 Å². The summed E-state index contributed by atoms with van der Waals surface area (Å²) in [5.74, 6) is 1.86. The molecule has 2 nitrogen and oxygen atoms in total. The molecule has 0 aliphatic heterocycles. The van der Waals surface area contributed by atoms with Gasteiger partial charge < -0.3 is 9.73 Å². The lowest BCUT2D eigenvalue weighted by Gasteiger charge is -2.22. The smallest absolute Gasteiger partial charge is 0.134 e. The summed E-state index contributed by atoms with van der Waals surface area (Å²) in [6.07, 6.45) is 5.39. The Labute approximate surface area is 115 Å². The second-order valence-electron chi connectivity index (χ2n) is 5.77. The number of aryl methyl sites for hydroxylation is 1. The molecular formula is C17H23NO. The molecule has 1 aliphatic rings. The molecule has 1 N–H and O–H groups in total. The number of furan rings is 1. The zero-order valence-corrected chi connectivity index (χ0v) is 11.9. The van der Waals surface area contributed by atoms with E-state index < -0.39 is 0 Å². The summed E-state index contributed by atoms with van der Waals surface area (Å²) in [6.45, 7) is 5.30. The summed E-state index contributed by atoms with van der Waals surface area (Å²) in [6, 6.07) is 9.04. The molecule has 0 spiro atoms. The molecule has 1 aliphatic carbocycles. The van der Waals surface area contributed by atoms with Gasteiger partial charge in [-0.15, -0.1) is 0 Å². The van der Waals surface area contributed by atoms with E-state index in [-0.39, 0.29) is 0 Å². The summed E-state index contributed by atoms with van der Waals surface area (Å²) in [4.78, 5) is 0. The second kappa shape index (κ2) is 5.38. The molecule has 1 heterocycles. The van der Waals surface area contributed by atoms with Gasteiger partial charge in [-0.2, -0.15) is 0 Å². The lowest BCUT2D eigenvalue weighted by atomic mass is 9.96. The van der Waals surface area contributed by atoms with E-state index in [1.165, 1.54) is 36.6 Å². The van der Waals surface area contributed by atoms with Crippen LogP contribution in [-0.4, -0.2) is 6.54 Å². The SMILES string of the molecule is CCNC(c1cc2cc(C)ccc2o1)C1CCCC1. The molecule has 1 unspecified atom stereocenters. The lowest BCUT2D eigenvalue weighted by molar-refractivity contribution is 0.324.